The summed E-state index contributed by atoms with van der Waals surface area (Å²) in [4.78, 5) is 19.0. The van der Waals surface area contributed by atoms with Gasteiger partial charge in [-0.1, -0.05) is 12.1 Å². The van der Waals surface area contributed by atoms with Crippen molar-refractivity contribution in [2.75, 3.05) is 30.5 Å². The predicted molar refractivity (Wildman–Crippen MR) is 135 cm³/mol. The molecular weight excluding hydrogens is 485 g/mol. The lowest BCUT2D eigenvalue weighted by atomic mass is 10.1. The van der Waals surface area contributed by atoms with E-state index in [1.807, 2.05) is 11.9 Å². The monoisotopic (exact) mass is 516 g/mol. The van der Waals surface area contributed by atoms with Crippen LogP contribution in [0, 0.1) is 0 Å². The highest BCUT2D eigenvalue weighted by molar-refractivity contribution is 5.95. The van der Waals surface area contributed by atoms with E-state index in [1.54, 1.807) is 41.0 Å². The van der Waals surface area contributed by atoms with Gasteiger partial charge >= 0.3 is 6.18 Å². The highest BCUT2D eigenvalue weighted by Crippen LogP contribution is 2.35. The van der Waals surface area contributed by atoms with Crippen LogP contribution in [0.3, 0.4) is 0 Å². The van der Waals surface area contributed by atoms with Crippen LogP contribution in [0.1, 0.15) is 49.9 Å². The third-order valence-corrected chi connectivity index (χ3v) is 7.07. The van der Waals surface area contributed by atoms with Gasteiger partial charge in [0.25, 0.3) is 5.91 Å². The largest absolute Gasteiger partial charge is 0.410 e. The predicted octanol–water partition coefficient (Wildman–Crippen LogP) is 4.66. The average Bonchev–Trinajstić information content (AvgIpc) is 3.58. The van der Waals surface area contributed by atoms with E-state index < -0.39 is 11.7 Å². The summed E-state index contributed by atoms with van der Waals surface area (Å²) in [5.41, 5.74) is 0.921. The molecule has 8 nitrogen and oxygen atoms in total. The second kappa shape index (κ2) is 9.51. The number of hydrogen-bond donors (Lipinski definition) is 2. The van der Waals surface area contributed by atoms with Crippen molar-refractivity contribution in [2.24, 2.45) is 0 Å². The van der Waals surface area contributed by atoms with Crippen LogP contribution >= 0.6 is 0 Å². The Morgan fingerprint density at radius 3 is 2.41 bits per heavy atom. The minimum absolute atomic E-state index is 0.0865. The number of amides is 1. The van der Waals surface area contributed by atoms with Gasteiger partial charge in [0.15, 0.2) is 5.65 Å². The molecule has 1 aromatic carbocycles. The Labute approximate surface area is 213 Å². The number of aromatic nitrogens is 3. The van der Waals surface area contributed by atoms with Gasteiger partial charge in [0, 0.05) is 49.5 Å². The maximum atomic E-state index is 13.7. The SMILES string of the molecule is CN(c1cc(NC(C)(C)C(F)(F)F)nn2c(-c3ccc(C(=O)NC4CC4)cc3)cnc12)C1CCOCC1. The highest BCUT2D eigenvalue weighted by atomic mass is 19.4. The number of alkyl halides is 3. The molecule has 3 aromatic rings. The number of ether oxygens (including phenoxy) is 1. The van der Waals surface area contributed by atoms with Crippen molar-refractivity contribution in [2.45, 2.75) is 63.3 Å². The van der Waals surface area contributed by atoms with Gasteiger partial charge < -0.3 is 20.3 Å². The Hall–Kier alpha value is -3.34. The Morgan fingerprint density at radius 1 is 1.11 bits per heavy atom. The van der Waals surface area contributed by atoms with Crippen LogP contribution in [0.25, 0.3) is 16.9 Å². The zero-order valence-corrected chi connectivity index (χ0v) is 21.1. The van der Waals surface area contributed by atoms with Crippen LogP contribution in [0.2, 0.25) is 0 Å². The van der Waals surface area contributed by atoms with Gasteiger partial charge in [-0.05, 0) is 51.7 Å². The molecule has 2 aromatic heterocycles. The van der Waals surface area contributed by atoms with Crippen molar-refractivity contribution in [1.29, 1.82) is 0 Å². The van der Waals surface area contributed by atoms with E-state index >= 15 is 0 Å². The van der Waals surface area contributed by atoms with Crippen molar-refractivity contribution >= 4 is 23.1 Å². The summed E-state index contributed by atoms with van der Waals surface area (Å²) in [5.74, 6) is -0.0324. The molecule has 5 rings (SSSR count). The minimum atomic E-state index is -4.48. The zero-order valence-electron chi connectivity index (χ0n) is 21.1. The number of rotatable bonds is 7. The number of nitrogens with zero attached hydrogens (tertiary/aromatic N) is 4. The van der Waals surface area contributed by atoms with Crippen molar-refractivity contribution in [3.8, 4) is 11.3 Å². The molecule has 1 aliphatic carbocycles. The summed E-state index contributed by atoms with van der Waals surface area (Å²) in [7, 11) is 1.92. The van der Waals surface area contributed by atoms with Gasteiger partial charge in [0.1, 0.15) is 11.4 Å². The Balaban J connectivity index is 1.54. The quantitative estimate of drug-likeness (QED) is 0.476. The molecule has 0 radical (unpaired) electrons. The molecular formula is C26H31F3N6O2. The molecule has 0 bridgehead atoms. The first-order valence-electron chi connectivity index (χ1n) is 12.5. The van der Waals surface area contributed by atoms with E-state index in [1.165, 1.54) is 0 Å². The summed E-state index contributed by atoms with van der Waals surface area (Å²) in [6, 6.07) is 9.11. The van der Waals surface area contributed by atoms with Crippen LogP contribution in [-0.2, 0) is 4.74 Å². The van der Waals surface area contributed by atoms with Gasteiger partial charge in [-0.25, -0.2) is 9.50 Å². The molecule has 1 saturated heterocycles. The Kier molecular flexibility index (Phi) is 6.51. The first-order chi connectivity index (χ1) is 17.5. The van der Waals surface area contributed by atoms with Crippen LogP contribution in [0.4, 0.5) is 24.7 Å². The molecule has 0 spiro atoms. The topological polar surface area (TPSA) is 83.8 Å². The molecule has 3 heterocycles. The number of nitrogens with one attached hydrogen (secondary N) is 2. The van der Waals surface area contributed by atoms with Crippen molar-refractivity contribution in [1.82, 2.24) is 19.9 Å². The maximum absolute atomic E-state index is 13.7. The fourth-order valence-corrected chi connectivity index (χ4v) is 4.42. The lowest BCUT2D eigenvalue weighted by molar-refractivity contribution is -0.168. The van der Waals surface area contributed by atoms with Crippen LogP contribution in [0.15, 0.2) is 36.5 Å². The van der Waals surface area contributed by atoms with Crippen molar-refractivity contribution in [3.05, 3.63) is 42.1 Å². The number of imidazole rings is 1. The smallest absolute Gasteiger partial charge is 0.381 e. The fraction of sp³-hybridized carbons (Fsp3) is 0.500. The summed E-state index contributed by atoms with van der Waals surface area (Å²) < 4.78 is 48.1. The molecule has 11 heteroatoms. The lowest BCUT2D eigenvalue weighted by Gasteiger charge is -2.34. The first-order valence-corrected chi connectivity index (χ1v) is 12.5. The number of anilines is 2. The third-order valence-electron chi connectivity index (χ3n) is 7.07. The number of fused-ring (bicyclic) bond motifs is 1. The molecule has 2 aliphatic rings. The van der Waals surface area contributed by atoms with Crippen molar-refractivity contribution < 1.29 is 22.7 Å². The molecule has 2 N–H and O–H groups in total. The van der Waals surface area contributed by atoms with E-state index in [2.05, 4.69) is 20.7 Å². The van der Waals surface area contributed by atoms with E-state index in [-0.39, 0.29) is 23.8 Å². The van der Waals surface area contributed by atoms with Gasteiger partial charge in [0.2, 0.25) is 0 Å². The van der Waals surface area contributed by atoms with E-state index in [0.717, 1.165) is 45.1 Å². The second-order valence-electron chi connectivity index (χ2n) is 10.3. The molecule has 198 valence electrons. The van der Waals surface area contributed by atoms with Crippen LogP contribution < -0.4 is 15.5 Å². The van der Waals surface area contributed by atoms with Gasteiger partial charge in [-0.3, -0.25) is 4.79 Å². The number of benzene rings is 1. The minimum Gasteiger partial charge on any atom is -0.381 e. The number of halogens is 3. The molecule has 1 saturated carbocycles. The maximum Gasteiger partial charge on any atom is 0.410 e. The number of carbonyl (C=O) groups is 1. The molecule has 37 heavy (non-hydrogen) atoms. The summed E-state index contributed by atoms with van der Waals surface area (Å²) >= 11 is 0. The molecule has 0 atom stereocenters. The lowest BCUT2D eigenvalue weighted by Crippen LogP contribution is -2.46. The van der Waals surface area contributed by atoms with Crippen LogP contribution in [-0.4, -0.2) is 64.6 Å². The van der Waals surface area contributed by atoms with E-state index in [0.29, 0.717) is 35.8 Å². The second-order valence-corrected chi connectivity index (χ2v) is 10.3. The van der Waals surface area contributed by atoms with Crippen molar-refractivity contribution in [3.63, 3.8) is 0 Å². The van der Waals surface area contributed by atoms with E-state index in [9.17, 15) is 18.0 Å². The summed E-state index contributed by atoms with van der Waals surface area (Å²) in [6.07, 6.45) is 0.791. The molecule has 0 unspecified atom stereocenters. The summed E-state index contributed by atoms with van der Waals surface area (Å²) in [6.45, 7) is 3.42. The normalized spacial score (nSPS) is 17.1. The average molecular weight is 517 g/mol. The third kappa shape index (κ3) is 5.22. The standard InChI is InChI=1S/C26H31F3N6O2/c1-25(2,26(27,28)29)32-22-14-20(34(3)19-10-12-37-13-11-19)23-30-15-21(35(23)33-22)16-4-6-17(7-5-16)24(36)31-18-8-9-18/h4-7,14-15,18-19H,8-13H2,1-3H3,(H,31,36)(H,32,33). The number of hydrogen-bond acceptors (Lipinski definition) is 6. The first kappa shape index (κ1) is 25.3. The molecule has 2 fully saturated rings. The molecule has 1 amide bonds. The summed E-state index contributed by atoms with van der Waals surface area (Å²) in [5, 5.41) is 10.1. The Morgan fingerprint density at radius 2 is 1.78 bits per heavy atom. The zero-order chi connectivity index (χ0) is 26.4. The fourth-order valence-electron chi connectivity index (χ4n) is 4.42. The van der Waals surface area contributed by atoms with Gasteiger partial charge in [0.05, 0.1) is 17.6 Å². The molecule has 1 aliphatic heterocycles. The number of carbonyl (C=O) groups excluding carboxylic acids is 1. The van der Waals surface area contributed by atoms with Crippen LogP contribution in [0.5, 0.6) is 0 Å². The Bertz CT molecular complexity index is 1280. The highest BCUT2D eigenvalue weighted by Gasteiger charge is 2.47. The van der Waals surface area contributed by atoms with Gasteiger partial charge in [-0.15, -0.1) is 5.10 Å². The van der Waals surface area contributed by atoms with Gasteiger partial charge in [-0.2, -0.15) is 13.2 Å². The van der Waals surface area contributed by atoms with E-state index in [4.69, 9.17) is 4.74 Å².